The number of hydrogen-bond acceptors (Lipinski definition) is 6. The summed E-state index contributed by atoms with van der Waals surface area (Å²) in [6, 6.07) is 5.43. The van der Waals surface area contributed by atoms with E-state index in [-0.39, 0.29) is 13.4 Å². The third-order valence-corrected chi connectivity index (χ3v) is 4.44. The first-order chi connectivity index (χ1) is 11.7. The third kappa shape index (κ3) is 3.05. The predicted octanol–water partition coefficient (Wildman–Crippen LogP) is 0.947. The van der Waals surface area contributed by atoms with Crippen molar-refractivity contribution in [2.45, 2.75) is 19.1 Å². The molecule has 1 N–H and O–H groups in total. The minimum atomic E-state index is -0.555. The van der Waals surface area contributed by atoms with E-state index in [0.29, 0.717) is 18.0 Å². The summed E-state index contributed by atoms with van der Waals surface area (Å²) in [4.78, 5) is 6.63. The van der Waals surface area contributed by atoms with Crippen molar-refractivity contribution in [1.29, 1.82) is 0 Å². The SMILES string of the molecule is Cn1cnc2c1CCN(C[C@H](O)COc1ccc3c(c1)OCO3)C2. The molecule has 0 bridgehead atoms. The van der Waals surface area contributed by atoms with E-state index in [1.54, 1.807) is 6.07 Å². The van der Waals surface area contributed by atoms with Gasteiger partial charge in [-0.2, -0.15) is 0 Å². The van der Waals surface area contributed by atoms with Crippen LogP contribution in [0.15, 0.2) is 24.5 Å². The lowest BCUT2D eigenvalue weighted by molar-refractivity contribution is 0.0630. The van der Waals surface area contributed by atoms with Crippen molar-refractivity contribution >= 4 is 0 Å². The fraction of sp³-hybridized carbons (Fsp3) is 0.471. The molecule has 0 amide bonds. The van der Waals surface area contributed by atoms with Gasteiger partial charge in [-0.1, -0.05) is 0 Å². The number of aryl methyl sites for hydroxylation is 1. The van der Waals surface area contributed by atoms with Gasteiger partial charge in [0, 0.05) is 44.9 Å². The van der Waals surface area contributed by atoms with Crippen molar-refractivity contribution in [3.8, 4) is 17.2 Å². The molecule has 2 aliphatic heterocycles. The van der Waals surface area contributed by atoms with Crippen LogP contribution in [-0.4, -0.2) is 52.2 Å². The van der Waals surface area contributed by atoms with E-state index in [1.165, 1.54) is 5.69 Å². The highest BCUT2D eigenvalue weighted by Gasteiger charge is 2.22. The molecule has 128 valence electrons. The van der Waals surface area contributed by atoms with E-state index in [4.69, 9.17) is 14.2 Å². The molecule has 2 aliphatic rings. The third-order valence-electron chi connectivity index (χ3n) is 4.44. The summed E-state index contributed by atoms with van der Waals surface area (Å²) in [5, 5.41) is 10.3. The van der Waals surface area contributed by atoms with Gasteiger partial charge in [-0.05, 0) is 12.1 Å². The molecule has 0 saturated carbocycles. The van der Waals surface area contributed by atoms with Crippen LogP contribution in [0.1, 0.15) is 11.4 Å². The lowest BCUT2D eigenvalue weighted by atomic mass is 10.1. The predicted molar refractivity (Wildman–Crippen MR) is 86.3 cm³/mol. The van der Waals surface area contributed by atoms with E-state index in [0.717, 1.165) is 31.0 Å². The van der Waals surface area contributed by atoms with Crippen molar-refractivity contribution in [2.75, 3.05) is 26.5 Å². The molecule has 1 aromatic carbocycles. The van der Waals surface area contributed by atoms with Crippen LogP contribution in [0.5, 0.6) is 17.2 Å². The molecule has 3 heterocycles. The van der Waals surface area contributed by atoms with E-state index in [9.17, 15) is 5.11 Å². The average molecular weight is 331 g/mol. The Balaban J connectivity index is 1.29. The van der Waals surface area contributed by atoms with Crippen LogP contribution in [0.2, 0.25) is 0 Å². The second-order valence-corrected chi connectivity index (χ2v) is 6.21. The largest absolute Gasteiger partial charge is 0.491 e. The minimum Gasteiger partial charge on any atom is -0.491 e. The highest BCUT2D eigenvalue weighted by molar-refractivity contribution is 5.46. The Kier molecular flexibility index (Phi) is 4.03. The van der Waals surface area contributed by atoms with E-state index in [2.05, 4.69) is 14.5 Å². The molecule has 0 spiro atoms. The quantitative estimate of drug-likeness (QED) is 0.880. The van der Waals surface area contributed by atoms with Crippen LogP contribution < -0.4 is 14.2 Å². The van der Waals surface area contributed by atoms with Gasteiger partial charge < -0.3 is 23.9 Å². The number of benzene rings is 1. The van der Waals surface area contributed by atoms with Gasteiger partial charge in [0.25, 0.3) is 0 Å². The second kappa shape index (κ2) is 6.33. The van der Waals surface area contributed by atoms with E-state index < -0.39 is 6.10 Å². The number of β-amino-alcohol motifs (C(OH)–C–C–N with tert-alkyl or cyclic N) is 1. The normalized spacial score (nSPS) is 17.6. The average Bonchev–Trinajstić information content (AvgIpc) is 3.19. The zero-order chi connectivity index (χ0) is 16.5. The zero-order valence-electron chi connectivity index (χ0n) is 13.6. The molecule has 0 fully saturated rings. The van der Waals surface area contributed by atoms with Gasteiger partial charge >= 0.3 is 0 Å². The van der Waals surface area contributed by atoms with E-state index >= 15 is 0 Å². The standard InChI is InChI=1S/C17H21N3O4/c1-19-10-18-14-8-20(5-4-15(14)19)7-12(21)9-22-13-2-3-16-17(6-13)24-11-23-16/h2-3,6,10,12,21H,4-5,7-9,11H2,1H3/t12-/m0/s1. The first kappa shape index (κ1) is 15.3. The summed E-state index contributed by atoms with van der Waals surface area (Å²) >= 11 is 0. The summed E-state index contributed by atoms with van der Waals surface area (Å²) < 4.78 is 18.3. The van der Waals surface area contributed by atoms with Crippen LogP contribution in [-0.2, 0) is 20.0 Å². The molecule has 0 saturated heterocycles. The lowest BCUT2D eigenvalue weighted by Gasteiger charge is -2.28. The molecule has 4 rings (SSSR count). The fourth-order valence-electron chi connectivity index (χ4n) is 3.18. The fourth-order valence-corrected chi connectivity index (χ4v) is 3.18. The molecule has 1 atom stereocenters. The Labute approximate surface area is 140 Å². The van der Waals surface area contributed by atoms with Gasteiger partial charge in [0.2, 0.25) is 6.79 Å². The number of aromatic nitrogens is 2. The Hall–Kier alpha value is -2.25. The van der Waals surface area contributed by atoms with Crippen molar-refractivity contribution < 1.29 is 19.3 Å². The Morgan fingerprint density at radius 3 is 3.12 bits per heavy atom. The van der Waals surface area contributed by atoms with Gasteiger partial charge in [-0.15, -0.1) is 0 Å². The summed E-state index contributed by atoms with van der Waals surface area (Å²) in [6.07, 6.45) is 2.26. The molecule has 2 aromatic rings. The molecule has 0 unspecified atom stereocenters. The van der Waals surface area contributed by atoms with Crippen molar-refractivity contribution in [2.24, 2.45) is 7.05 Å². The molecule has 1 aromatic heterocycles. The zero-order valence-corrected chi connectivity index (χ0v) is 13.6. The molecule has 24 heavy (non-hydrogen) atoms. The Bertz CT molecular complexity index is 731. The molecule has 7 nitrogen and oxygen atoms in total. The number of aliphatic hydroxyl groups excluding tert-OH is 1. The number of hydrogen-bond donors (Lipinski definition) is 1. The van der Waals surface area contributed by atoms with E-state index in [1.807, 2.05) is 25.5 Å². The van der Waals surface area contributed by atoms with Crippen LogP contribution >= 0.6 is 0 Å². The maximum absolute atomic E-state index is 10.3. The monoisotopic (exact) mass is 331 g/mol. The van der Waals surface area contributed by atoms with Crippen molar-refractivity contribution in [1.82, 2.24) is 14.5 Å². The van der Waals surface area contributed by atoms with Crippen molar-refractivity contribution in [3.63, 3.8) is 0 Å². The summed E-state index contributed by atoms with van der Waals surface area (Å²) in [5.74, 6) is 2.08. The van der Waals surface area contributed by atoms with Gasteiger partial charge in [-0.25, -0.2) is 4.98 Å². The highest BCUT2D eigenvalue weighted by Crippen LogP contribution is 2.35. The lowest BCUT2D eigenvalue weighted by Crippen LogP contribution is -2.39. The van der Waals surface area contributed by atoms with Gasteiger partial charge in [0.1, 0.15) is 18.5 Å². The number of fused-ring (bicyclic) bond motifs is 2. The second-order valence-electron chi connectivity index (χ2n) is 6.21. The van der Waals surface area contributed by atoms with Crippen LogP contribution in [0.4, 0.5) is 0 Å². The first-order valence-electron chi connectivity index (χ1n) is 8.11. The number of ether oxygens (including phenoxy) is 3. The summed E-state index contributed by atoms with van der Waals surface area (Å²) in [6.45, 7) is 2.75. The molecule has 0 aliphatic carbocycles. The number of imidazole rings is 1. The number of rotatable bonds is 5. The Morgan fingerprint density at radius 2 is 2.21 bits per heavy atom. The molecular formula is C17H21N3O4. The summed E-state index contributed by atoms with van der Waals surface area (Å²) in [7, 11) is 2.02. The molecule has 0 radical (unpaired) electrons. The molecule has 7 heteroatoms. The maximum atomic E-state index is 10.3. The van der Waals surface area contributed by atoms with Crippen LogP contribution in [0.25, 0.3) is 0 Å². The summed E-state index contributed by atoms with van der Waals surface area (Å²) in [5.41, 5.74) is 2.39. The highest BCUT2D eigenvalue weighted by atomic mass is 16.7. The number of nitrogens with zero attached hydrogens (tertiary/aromatic N) is 3. The first-order valence-corrected chi connectivity index (χ1v) is 8.11. The topological polar surface area (TPSA) is 69.0 Å². The Morgan fingerprint density at radius 1 is 1.33 bits per heavy atom. The van der Waals surface area contributed by atoms with Crippen LogP contribution in [0.3, 0.4) is 0 Å². The number of aliphatic hydroxyl groups is 1. The maximum Gasteiger partial charge on any atom is 0.231 e. The van der Waals surface area contributed by atoms with Gasteiger partial charge in [0.15, 0.2) is 11.5 Å². The van der Waals surface area contributed by atoms with Gasteiger partial charge in [0.05, 0.1) is 12.0 Å². The van der Waals surface area contributed by atoms with Gasteiger partial charge in [-0.3, -0.25) is 4.90 Å². The van der Waals surface area contributed by atoms with Crippen molar-refractivity contribution in [3.05, 3.63) is 35.9 Å². The minimum absolute atomic E-state index is 0.241. The van der Waals surface area contributed by atoms with Crippen LogP contribution in [0, 0.1) is 0 Å². The molecular weight excluding hydrogens is 310 g/mol. The smallest absolute Gasteiger partial charge is 0.231 e.